The SMILES string of the molecule is COc1cc2cc(Cc3c(N)nc(N)nc3Cl)ccc2c(OC)c1OC. The van der Waals surface area contributed by atoms with Gasteiger partial charge in [0.1, 0.15) is 11.0 Å². The van der Waals surface area contributed by atoms with E-state index in [2.05, 4.69) is 9.97 Å². The van der Waals surface area contributed by atoms with Crippen molar-refractivity contribution in [2.24, 2.45) is 0 Å². The lowest BCUT2D eigenvalue weighted by molar-refractivity contribution is 0.327. The molecule has 0 saturated heterocycles. The van der Waals surface area contributed by atoms with Gasteiger partial charge in [0.05, 0.1) is 21.3 Å². The summed E-state index contributed by atoms with van der Waals surface area (Å²) in [6, 6.07) is 7.81. The van der Waals surface area contributed by atoms with Crippen LogP contribution in [-0.4, -0.2) is 31.3 Å². The Bertz CT molecular complexity index is 955. The van der Waals surface area contributed by atoms with Gasteiger partial charge < -0.3 is 25.7 Å². The van der Waals surface area contributed by atoms with Crippen LogP contribution >= 0.6 is 11.6 Å². The second-order valence-electron chi connectivity index (χ2n) is 5.61. The molecule has 0 unspecified atom stereocenters. The van der Waals surface area contributed by atoms with E-state index in [1.807, 2.05) is 24.3 Å². The average Bonchev–Trinajstić information content (AvgIpc) is 2.62. The number of nitrogens with zero attached hydrogens (tertiary/aromatic N) is 2. The first kappa shape index (κ1) is 17.9. The summed E-state index contributed by atoms with van der Waals surface area (Å²) in [5.74, 6) is 2.07. The molecule has 26 heavy (non-hydrogen) atoms. The van der Waals surface area contributed by atoms with Gasteiger partial charge in [0.25, 0.3) is 0 Å². The van der Waals surface area contributed by atoms with Crippen LogP contribution in [0.4, 0.5) is 11.8 Å². The standard InChI is InChI=1S/C18H19ClN4O3/c1-24-13-8-10-6-9(4-5-11(10)14(25-2)15(13)26-3)7-12-16(19)22-18(21)23-17(12)20/h4-6,8H,7H2,1-3H3,(H4,20,21,22,23). The Kier molecular flexibility index (Phi) is 4.90. The van der Waals surface area contributed by atoms with Gasteiger partial charge in [-0.2, -0.15) is 4.98 Å². The molecule has 0 amide bonds. The number of anilines is 2. The molecule has 0 aliphatic carbocycles. The highest BCUT2D eigenvalue weighted by Crippen LogP contribution is 2.43. The number of nitrogens with two attached hydrogens (primary N) is 2. The van der Waals surface area contributed by atoms with Crippen molar-refractivity contribution in [2.75, 3.05) is 32.8 Å². The number of hydrogen-bond acceptors (Lipinski definition) is 7. The minimum Gasteiger partial charge on any atom is -0.493 e. The Hall–Kier alpha value is -2.93. The number of methoxy groups -OCH3 is 3. The van der Waals surface area contributed by atoms with Crippen molar-refractivity contribution >= 4 is 34.1 Å². The summed E-state index contributed by atoms with van der Waals surface area (Å²) in [6.45, 7) is 0. The molecule has 0 atom stereocenters. The summed E-state index contributed by atoms with van der Waals surface area (Å²) in [7, 11) is 4.75. The summed E-state index contributed by atoms with van der Waals surface area (Å²) < 4.78 is 16.4. The van der Waals surface area contributed by atoms with Crippen LogP contribution < -0.4 is 25.7 Å². The molecule has 0 aliphatic rings. The summed E-state index contributed by atoms with van der Waals surface area (Å²) in [5.41, 5.74) is 13.1. The van der Waals surface area contributed by atoms with Gasteiger partial charge in [-0.25, -0.2) is 4.98 Å². The Labute approximate surface area is 155 Å². The first-order valence-electron chi connectivity index (χ1n) is 7.77. The maximum Gasteiger partial charge on any atom is 0.223 e. The van der Waals surface area contributed by atoms with E-state index in [0.29, 0.717) is 29.2 Å². The van der Waals surface area contributed by atoms with E-state index in [4.69, 9.17) is 37.3 Å². The van der Waals surface area contributed by atoms with Crippen LogP contribution in [0.25, 0.3) is 10.8 Å². The van der Waals surface area contributed by atoms with Crippen molar-refractivity contribution in [2.45, 2.75) is 6.42 Å². The van der Waals surface area contributed by atoms with Crippen molar-refractivity contribution in [1.29, 1.82) is 0 Å². The van der Waals surface area contributed by atoms with Crippen molar-refractivity contribution in [3.8, 4) is 17.2 Å². The third kappa shape index (κ3) is 3.13. The lowest BCUT2D eigenvalue weighted by Gasteiger charge is -2.15. The number of hydrogen-bond donors (Lipinski definition) is 2. The number of benzene rings is 2. The van der Waals surface area contributed by atoms with Gasteiger partial charge in [0.15, 0.2) is 11.5 Å². The second kappa shape index (κ2) is 7.13. The lowest BCUT2D eigenvalue weighted by Crippen LogP contribution is -2.05. The summed E-state index contributed by atoms with van der Waals surface area (Å²) in [5, 5.41) is 2.09. The number of rotatable bonds is 5. The van der Waals surface area contributed by atoms with Gasteiger partial charge in [-0.15, -0.1) is 0 Å². The molecule has 3 rings (SSSR count). The quantitative estimate of drug-likeness (QED) is 0.661. The van der Waals surface area contributed by atoms with Crippen LogP contribution in [0.15, 0.2) is 24.3 Å². The molecular weight excluding hydrogens is 356 g/mol. The molecule has 8 heteroatoms. The van der Waals surface area contributed by atoms with Crippen molar-refractivity contribution < 1.29 is 14.2 Å². The highest BCUT2D eigenvalue weighted by atomic mass is 35.5. The Morgan fingerprint density at radius 3 is 2.31 bits per heavy atom. The van der Waals surface area contributed by atoms with E-state index in [0.717, 1.165) is 16.3 Å². The van der Waals surface area contributed by atoms with Crippen LogP contribution in [-0.2, 0) is 6.42 Å². The van der Waals surface area contributed by atoms with Gasteiger partial charge in [-0.05, 0) is 17.0 Å². The van der Waals surface area contributed by atoms with Crippen LogP contribution in [0.5, 0.6) is 17.2 Å². The minimum atomic E-state index is 0.0522. The van der Waals surface area contributed by atoms with Gasteiger partial charge in [0, 0.05) is 17.4 Å². The topological polar surface area (TPSA) is 106 Å². The molecular formula is C18H19ClN4O3. The van der Waals surface area contributed by atoms with Gasteiger partial charge in [-0.1, -0.05) is 29.8 Å². The van der Waals surface area contributed by atoms with Crippen molar-refractivity contribution in [1.82, 2.24) is 9.97 Å². The normalized spacial score (nSPS) is 10.8. The van der Waals surface area contributed by atoms with Gasteiger partial charge in [0.2, 0.25) is 11.7 Å². The Morgan fingerprint density at radius 1 is 0.962 bits per heavy atom. The summed E-state index contributed by atoms with van der Waals surface area (Å²) in [4.78, 5) is 7.94. The Balaban J connectivity index is 2.10. The van der Waals surface area contributed by atoms with E-state index in [9.17, 15) is 0 Å². The molecule has 0 saturated carbocycles. The third-order valence-corrected chi connectivity index (χ3v) is 4.40. The number of halogens is 1. The molecule has 0 fully saturated rings. The van der Waals surface area contributed by atoms with E-state index in [-0.39, 0.29) is 16.9 Å². The molecule has 4 N–H and O–H groups in total. The zero-order valence-corrected chi connectivity index (χ0v) is 15.4. The fourth-order valence-corrected chi connectivity index (χ4v) is 3.14. The fraction of sp³-hybridized carbons (Fsp3) is 0.222. The smallest absolute Gasteiger partial charge is 0.223 e. The van der Waals surface area contributed by atoms with Crippen molar-refractivity contribution in [3.05, 3.63) is 40.5 Å². The molecule has 0 spiro atoms. The zero-order valence-electron chi connectivity index (χ0n) is 14.7. The highest BCUT2D eigenvalue weighted by Gasteiger charge is 2.17. The first-order chi connectivity index (χ1) is 12.5. The molecule has 0 radical (unpaired) electrons. The van der Waals surface area contributed by atoms with E-state index in [1.54, 1.807) is 21.3 Å². The van der Waals surface area contributed by atoms with Crippen LogP contribution in [0.3, 0.4) is 0 Å². The minimum absolute atomic E-state index is 0.0522. The largest absolute Gasteiger partial charge is 0.493 e. The predicted molar refractivity (Wildman–Crippen MR) is 102 cm³/mol. The molecule has 0 aliphatic heterocycles. The van der Waals surface area contributed by atoms with Crippen LogP contribution in [0.1, 0.15) is 11.1 Å². The second-order valence-corrected chi connectivity index (χ2v) is 5.97. The average molecular weight is 375 g/mol. The molecule has 1 aromatic heterocycles. The maximum atomic E-state index is 6.17. The number of fused-ring (bicyclic) bond motifs is 1. The highest BCUT2D eigenvalue weighted by molar-refractivity contribution is 6.30. The first-order valence-corrected chi connectivity index (χ1v) is 8.15. The fourth-order valence-electron chi connectivity index (χ4n) is 2.89. The Morgan fingerprint density at radius 2 is 1.69 bits per heavy atom. The van der Waals surface area contributed by atoms with Crippen LogP contribution in [0.2, 0.25) is 5.15 Å². The number of aromatic nitrogens is 2. The molecule has 2 aromatic carbocycles. The molecule has 0 bridgehead atoms. The van der Waals surface area contributed by atoms with E-state index >= 15 is 0 Å². The maximum absolute atomic E-state index is 6.17. The van der Waals surface area contributed by atoms with Crippen molar-refractivity contribution in [3.63, 3.8) is 0 Å². The number of ether oxygens (including phenoxy) is 3. The molecule has 1 heterocycles. The van der Waals surface area contributed by atoms with E-state index < -0.39 is 0 Å². The molecule has 7 nitrogen and oxygen atoms in total. The van der Waals surface area contributed by atoms with Crippen LogP contribution in [0, 0.1) is 0 Å². The van der Waals surface area contributed by atoms with E-state index in [1.165, 1.54) is 0 Å². The number of nitrogen functional groups attached to an aromatic ring is 2. The predicted octanol–water partition coefficient (Wildman–Crippen LogP) is 3.06. The monoisotopic (exact) mass is 374 g/mol. The van der Waals surface area contributed by atoms with Gasteiger partial charge >= 0.3 is 0 Å². The summed E-state index contributed by atoms with van der Waals surface area (Å²) >= 11 is 6.17. The zero-order chi connectivity index (χ0) is 18.8. The molecule has 3 aromatic rings. The molecule has 136 valence electrons. The summed E-state index contributed by atoms with van der Waals surface area (Å²) in [6.07, 6.45) is 0.470. The van der Waals surface area contributed by atoms with Gasteiger partial charge in [-0.3, -0.25) is 0 Å². The third-order valence-electron chi connectivity index (χ3n) is 4.09. The lowest BCUT2D eigenvalue weighted by atomic mass is 10.0.